The average molecular weight is 352 g/mol. The Kier molecular flexibility index (Phi) is 4.52. The van der Waals surface area contributed by atoms with E-state index in [0.29, 0.717) is 12.2 Å². The summed E-state index contributed by atoms with van der Waals surface area (Å²) in [6.07, 6.45) is 2.07. The number of benzene rings is 1. The molecule has 3 heterocycles. The predicted molar refractivity (Wildman–Crippen MR) is 101 cm³/mol. The molecule has 4 rings (SSSR count). The number of hydrogen-bond donors (Lipinski definition) is 2. The van der Waals surface area contributed by atoms with E-state index in [-0.39, 0.29) is 11.9 Å². The van der Waals surface area contributed by atoms with Gasteiger partial charge < -0.3 is 10.2 Å². The lowest BCUT2D eigenvalue weighted by Crippen LogP contribution is -2.45. The van der Waals surface area contributed by atoms with Crippen molar-refractivity contribution in [2.24, 2.45) is 0 Å². The number of aromatic amines is 1. The van der Waals surface area contributed by atoms with E-state index < -0.39 is 0 Å². The van der Waals surface area contributed by atoms with Crippen LogP contribution in [-0.4, -0.2) is 40.1 Å². The first-order valence-corrected chi connectivity index (χ1v) is 9.43. The van der Waals surface area contributed by atoms with Gasteiger partial charge in [-0.2, -0.15) is 16.4 Å². The third kappa shape index (κ3) is 3.58. The molecule has 0 unspecified atom stereocenters. The molecule has 0 aliphatic carbocycles. The van der Waals surface area contributed by atoms with Gasteiger partial charge in [0.2, 0.25) is 0 Å². The van der Waals surface area contributed by atoms with Crippen molar-refractivity contribution in [3.8, 4) is 11.3 Å². The van der Waals surface area contributed by atoms with Crippen molar-refractivity contribution in [1.82, 2.24) is 15.1 Å². The van der Waals surface area contributed by atoms with Crippen molar-refractivity contribution in [2.75, 3.05) is 18.4 Å². The minimum atomic E-state index is 0.0218. The highest BCUT2D eigenvalue weighted by Gasteiger charge is 2.25. The number of para-hydroxylation sites is 1. The monoisotopic (exact) mass is 352 g/mol. The highest BCUT2D eigenvalue weighted by Crippen LogP contribution is 2.22. The number of likely N-dealkylation sites (tertiary alicyclic amines) is 1. The molecular formula is C19H20N4OS. The van der Waals surface area contributed by atoms with E-state index in [1.165, 1.54) is 0 Å². The average Bonchev–Trinajstić information content (AvgIpc) is 3.34. The van der Waals surface area contributed by atoms with E-state index in [4.69, 9.17) is 0 Å². The van der Waals surface area contributed by atoms with Crippen LogP contribution in [0.25, 0.3) is 11.3 Å². The zero-order valence-corrected chi connectivity index (χ0v) is 14.6. The quantitative estimate of drug-likeness (QED) is 0.750. The molecule has 1 aliphatic heterocycles. The standard InChI is InChI=1S/C19H20N4OS/c24-19(18-11-17(21-22-18)14-8-10-25-13-14)23-9-4-7-16(12-23)20-15-5-2-1-3-6-15/h1-3,5-6,8,10-11,13,16,20H,4,7,9,12H2,(H,21,22)/t16-/m1/s1. The van der Waals surface area contributed by atoms with E-state index in [9.17, 15) is 4.79 Å². The van der Waals surface area contributed by atoms with Crippen LogP contribution in [0, 0.1) is 0 Å². The first-order chi connectivity index (χ1) is 12.3. The van der Waals surface area contributed by atoms with Crippen molar-refractivity contribution in [3.05, 3.63) is 58.9 Å². The number of nitrogens with zero attached hydrogens (tertiary/aromatic N) is 2. The molecule has 1 atom stereocenters. The van der Waals surface area contributed by atoms with Crippen molar-refractivity contribution < 1.29 is 4.79 Å². The second-order valence-corrected chi connectivity index (χ2v) is 7.06. The number of hydrogen-bond acceptors (Lipinski definition) is 4. The summed E-state index contributed by atoms with van der Waals surface area (Å²) in [5.74, 6) is 0.0218. The summed E-state index contributed by atoms with van der Waals surface area (Å²) in [6.45, 7) is 1.50. The Morgan fingerprint density at radius 1 is 1.28 bits per heavy atom. The van der Waals surface area contributed by atoms with E-state index in [1.807, 2.05) is 46.0 Å². The Balaban J connectivity index is 1.43. The summed E-state index contributed by atoms with van der Waals surface area (Å²) in [5, 5.41) is 14.7. The van der Waals surface area contributed by atoms with Gasteiger partial charge in [-0.15, -0.1) is 0 Å². The zero-order chi connectivity index (χ0) is 17.1. The summed E-state index contributed by atoms with van der Waals surface area (Å²) in [6, 6.07) is 14.3. The Morgan fingerprint density at radius 2 is 2.16 bits per heavy atom. The number of carbonyl (C=O) groups excluding carboxylic acids is 1. The summed E-state index contributed by atoms with van der Waals surface area (Å²) in [7, 11) is 0. The van der Waals surface area contributed by atoms with Crippen molar-refractivity contribution in [1.29, 1.82) is 0 Å². The Hall–Kier alpha value is -2.60. The predicted octanol–water partition coefficient (Wildman–Crippen LogP) is 3.85. The molecule has 25 heavy (non-hydrogen) atoms. The number of anilines is 1. The summed E-state index contributed by atoms with van der Waals surface area (Å²) in [4.78, 5) is 14.7. The number of piperidine rings is 1. The van der Waals surface area contributed by atoms with Gasteiger partial charge in [-0.25, -0.2) is 0 Å². The topological polar surface area (TPSA) is 61.0 Å². The number of H-pyrrole nitrogens is 1. The van der Waals surface area contributed by atoms with Crippen LogP contribution >= 0.6 is 11.3 Å². The third-order valence-corrected chi connectivity index (χ3v) is 5.16. The molecule has 1 aromatic carbocycles. The van der Waals surface area contributed by atoms with Crippen molar-refractivity contribution in [2.45, 2.75) is 18.9 Å². The van der Waals surface area contributed by atoms with E-state index in [2.05, 4.69) is 27.6 Å². The van der Waals surface area contributed by atoms with Gasteiger partial charge in [0.25, 0.3) is 5.91 Å². The van der Waals surface area contributed by atoms with Crippen LogP contribution in [0.2, 0.25) is 0 Å². The van der Waals surface area contributed by atoms with E-state index in [1.54, 1.807) is 11.3 Å². The van der Waals surface area contributed by atoms with Crippen LogP contribution in [0.5, 0.6) is 0 Å². The molecule has 1 saturated heterocycles. The maximum absolute atomic E-state index is 12.8. The van der Waals surface area contributed by atoms with Crippen LogP contribution in [-0.2, 0) is 0 Å². The highest BCUT2D eigenvalue weighted by molar-refractivity contribution is 7.08. The number of nitrogens with one attached hydrogen (secondary N) is 2. The van der Waals surface area contributed by atoms with Gasteiger partial charge in [0.05, 0.1) is 5.69 Å². The van der Waals surface area contributed by atoms with Crippen LogP contribution in [0.1, 0.15) is 23.3 Å². The molecule has 0 saturated carbocycles. The number of amides is 1. The molecule has 1 amide bonds. The summed E-state index contributed by atoms with van der Waals surface area (Å²) >= 11 is 1.62. The molecule has 1 fully saturated rings. The Labute approximate surface area is 150 Å². The molecule has 128 valence electrons. The lowest BCUT2D eigenvalue weighted by Gasteiger charge is -2.33. The largest absolute Gasteiger partial charge is 0.381 e. The van der Waals surface area contributed by atoms with Crippen LogP contribution in [0.4, 0.5) is 5.69 Å². The molecule has 6 heteroatoms. The maximum atomic E-state index is 12.8. The minimum absolute atomic E-state index is 0.0218. The van der Waals surface area contributed by atoms with Crippen LogP contribution in [0.3, 0.4) is 0 Å². The lowest BCUT2D eigenvalue weighted by atomic mass is 10.0. The molecule has 3 aromatic rings. The second kappa shape index (κ2) is 7.11. The molecule has 5 nitrogen and oxygen atoms in total. The molecule has 2 aromatic heterocycles. The smallest absolute Gasteiger partial charge is 0.271 e. The van der Waals surface area contributed by atoms with Crippen LogP contribution in [0.15, 0.2) is 53.2 Å². The van der Waals surface area contributed by atoms with Gasteiger partial charge in [0.1, 0.15) is 5.69 Å². The number of thiophene rings is 1. The van der Waals surface area contributed by atoms with Crippen LogP contribution < -0.4 is 5.32 Å². The molecule has 0 bridgehead atoms. The minimum Gasteiger partial charge on any atom is -0.381 e. The summed E-state index contributed by atoms with van der Waals surface area (Å²) in [5.41, 5.74) is 3.52. The SMILES string of the molecule is O=C(c1cc(-c2ccsc2)n[nH]1)N1CCC[C@@H](Nc2ccccc2)C1. The van der Waals surface area contributed by atoms with E-state index in [0.717, 1.165) is 36.3 Å². The van der Waals surface area contributed by atoms with Crippen molar-refractivity contribution >= 4 is 22.9 Å². The van der Waals surface area contributed by atoms with Gasteiger partial charge >= 0.3 is 0 Å². The molecule has 1 aliphatic rings. The summed E-state index contributed by atoms with van der Waals surface area (Å²) < 4.78 is 0. The Bertz CT molecular complexity index is 828. The van der Waals surface area contributed by atoms with Gasteiger partial charge in [-0.05, 0) is 42.5 Å². The number of aromatic nitrogens is 2. The normalized spacial score (nSPS) is 17.4. The van der Waals surface area contributed by atoms with Gasteiger partial charge in [-0.1, -0.05) is 18.2 Å². The molecule has 0 spiro atoms. The fourth-order valence-electron chi connectivity index (χ4n) is 3.21. The first kappa shape index (κ1) is 15.9. The lowest BCUT2D eigenvalue weighted by molar-refractivity contribution is 0.0709. The third-order valence-electron chi connectivity index (χ3n) is 4.48. The zero-order valence-electron chi connectivity index (χ0n) is 13.8. The maximum Gasteiger partial charge on any atom is 0.271 e. The number of carbonyl (C=O) groups is 1. The number of rotatable bonds is 4. The van der Waals surface area contributed by atoms with Gasteiger partial charge in [-0.3, -0.25) is 9.89 Å². The molecular weight excluding hydrogens is 332 g/mol. The Morgan fingerprint density at radius 3 is 2.96 bits per heavy atom. The van der Waals surface area contributed by atoms with Gasteiger partial charge in [0, 0.05) is 35.8 Å². The fourth-order valence-corrected chi connectivity index (χ4v) is 3.86. The van der Waals surface area contributed by atoms with Crippen molar-refractivity contribution in [3.63, 3.8) is 0 Å². The molecule has 0 radical (unpaired) electrons. The first-order valence-electron chi connectivity index (χ1n) is 8.48. The fraction of sp³-hybridized carbons (Fsp3) is 0.263. The van der Waals surface area contributed by atoms with Gasteiger partial charge in [0.15, 0.2) is 0 Å². The van der Waals surface area contributed by atoms with E-state index >= 15 is 0 Å². The molecule has 2 N–H and O–H groups in total. The second-order valence-electron chi connectivity index (χ2n) is 6.28. The highest BCUT2D eigenvalue weighted by atomic mass is 32.1.